The van der Waals surface area contributed by atoms with Crippen LogP contribution in [0.5, 0.6) is 5.75 Å². The molecule has 0 aromatic heterocycles. The first-order valence-electron chi connectivity index (χ1n) is 6.97. The molecule has 0 bridgehead atoms. The van der Waals surface area contributed by atoms with Crippen molar-refractivity contribution in [2.75, 3.05) is 6.61 Å². The number of hydrogen-bond acceptors (Lipinski definition) is 2. The topological polar surface area (TPSA) is 21.3 Å². The third-order valence-electron chi connectivity index (χ3n) is 3.78. The average molecular weight is 271 g/mol. The van der Waals surface area contributed by atoms with E-state index >= 15 is 0 Å². The van der Waals surface area contributed by atoms with E-state index in [0.29, 0.717) is 0 Å². The number of fused-ring (bicyclic) bond motifs is 1. The first-order valence-corrected chi connectivity index (χ1v) is 6.97. The Morgan fingerprint density at radius 2 is 1.90 bits per heavy atom. The lowest BCUT2D eigenvalue weighted by Crippen LogP contribution is -2.29. The van der Waals surface area contributed by atoms with Crippen LogP contribution < -0.4 is 10.1 Å². The molecule has 0 amide bonds. The third kappa shape index (κ3) is 2.68. The number of halogens is 1. The normalized spacial score (nSPS) is 19.0. The van der Waals surface area contributed by atoms with Gasteiger partial charge in [0.1, 0.15) is 11.6 Å². The molecule has 1 aliphatic rings. The van der Waals surface area contributed by atoms with Crippen LogP contribution in [0, 0.1) is 5.82 Å². The summed E-state index contributed by atoms with van der Waals surface area (Å²) in [5, 5.41) is 3.61. The predicted octanol–water partition coefficient (Wildman–Crippen LogP) is 4.00. The monoisotopic (exact) mass is 271 g/mol. The third-order valence-corrected chi connectivity index (χ3v) is 3.78. The highest BCUT2D eigenvalue weighted by molar-refractivity contribution is 5.37. The molecule has 0 fully saturated rings. The fraction of sp³-hybridized carbons (Fsp3) is 0.294. The van der Waals surface area contributed by atoms with Gasteiger partial charge in [-0.1, -0.05) is 30.3 Å². The minimum atomic E-state index is -0.197. The lowest BCUT2D eigenvalue weighted by molar-refractivity contribution is 0.246. The zero-order chi connectivity index (χ0) is 13.9. The van der Waals surface area contributed by atoms with Gasteiger partial charge in [0.25, 0.3) is 0 Å². The molecule has 2 aromatic carbocycles. The first-order chi connectivity index (χ1) is 9.74. The second-order valence-electron chi connectivity index (χ2n) is 5.17. The van der Waals surface area contributed by atoms with Gasteiger partial charge in [0.05, 0.1) is 6.61 Å². The molecule has 20 heavy (non-hydrogen) atoms. The summed E-state index contributed by atoms with van der Waals surface area (Å²) < 4.78 is 18.6. The lowest BCUT2D eigenvalue weighted by atomic mass is 9.98. The van der Waals surface area contributed by atoms with Gasteiger partial charge in [0.2, 0.25) is 0 Å². The Balaban J connectivity index is 1.77. The second-order valence-corrected chi connectivity index (χ2v) is 5.17. The van der Waals surface area contributed by atoms with Gasteiger partial charge in [0, 0.05) is 24.1 Å². The number of para-hydroxylation sites is 1. The Labute approximate surface area is 118 Å². The van der Waals surface area contributed by atoms with Crippen molar-refractivity contribution in [3.63, 3.8) is 0 Å². The van der Waals surface area contributed by atoms with Gasteiger partial charge in [-0.05, 0) is 30.7 Å². The minimum absolute atomic E-state index is 0.173. The van der Waals surface area contributed by atoms with Crippen molar-refractivity contribution in [2.45, 2.75) is 25.4 Å². The standard InChI is InChI=1S/C17H18FNO/c1-12(13-6-8-14(18)9-7-13)19-16-10-11-20-17-5-3-2-4-15(16)17/h2-9,12,16,19H,10-11H2,1H3/t12-,16?/m0/s1. The highest BCUT2D eigenvalue weighted by atomic mass is 19.1. The van der Waals surface area contributed by atoms with Gasteiger partial charge in [-0.15, -0.1) is 0 Å². The quantitative estimate of drug-likeness (QED) is 0.911. The van der Waals surface area contributed by atoms with Gasteiger partial charge in [0.15, 0.2) is 0 Å². The molecule has 0 saturated heterocycles. The summed E-state index contributed by atoms with van der Waals surface area (Å²) >= 11 is 0. The molecular formula is C17H18FNO. The molecule has 1 unspecified atom stereocenters. The maximum atomic E-state index is 13.0. The van der Waals surface area contributed by atoms with Crippen LogP contribution in [-0.2, 0) is 0 Å². The summed E-state index contributed by atoms with van der Waals surface area (Å²) in [5.41, 5.74) is 2.29. The van der Waals surface area contributed by atoms with E-state index in [1.807, 2.05) is 30.3 Å². The maximum Gasteiger partial charge on any atom is 0.124 e. The van der Waals surface area contributed by atoms with Crippen molar-refractivity contribution in [3.8, 4) is 5.75 Å². The fourth-order valence-electron chi connectivity index (χ4n) is 2.66. The van der Waals surface area contributed by atoms with Gasteiger partial charge >= 0.3 is 0 Å². The number of nitrogens with one attached hydrogen (secondary N) is 1. The average Bonchev–Trinajstić information content (AvgIpc) is 2.48. The lowest BCUT2D eigenvalue weighted by Gasteiger charge is -2.29. The van der Waals surface area contributed by atoms with Crippen molar-refractivity contribution >= 4 is 0 Å². The van der Waals surface area contributed by atoms with E-state index in [0.717, 1.165) is 24.3 Å². The van der Waals surface area contributed by atoms with E-state index in [4.69, 9.17) is 4.74 Å². The van der Waals surface area contributed by atoms with Gasteiger partial charge in [-0.25, -0.2) is 4.39 Å². The number of rotatable bonds is 3. The van der Waals surface area contributed by atoms with E-state index in [1.54, 1.807) is 0 Å². The first kappa shape index (κ1) is 13.1. The smallest absolute Gasteiger partial charge is 0.124 e. The number of hydrogen-bond donors (Lipinski definition) is 1. The van der Waals surface area contributed by atoms with Crippen LogP contribution >= 0.6 is 0 Å². The Bertz CT molecular complexity index is 582. The summed E-state index contributed by atoms with van der Waals surface area (Å²) in [4.78, 5) is 0. The molecule has 1 heterocycles. The predicted molar refractivity (Wildman–Crippen MR) is 77.2 cm³/mol. The van der Waals surface area contributed by atoms with Crippen molar-refractivity contribution in [1.82, 2.24) is 5.32 Å². The van der Waals surface area contributed by atoms with Crippen LogP contribution in [-0.4, -0.2) is 6.61 Å². The Kier molecular flexibility index (Phi) is 3.70. The van der Waals surface area contributed by atoms with Gasteiger partial charge in [-0.2, -0.15) is 0 Å². The minimum Gasteiger partial charge on any atom is -0.493 e. The van der Waals surface area contributed by atoms with E-state index in [-0.39, 0.29) is 17.9 Å². The molecule has 0 spiro atoms. The van der Waals surface area contributed by atoms with Crippen molar-refractivity contribution in [3.05, 3.63) is 65.5 Å². The highest BCUT2D eigenvalue weighted by Crippen LogP contribution is 2.33. The van der Waals surface area contributed by atoms with Gasteiger partial charge in [-0.3, -0.25) is 0 Å². The largest absolute Gasteiger partial charge is 0.493 e. The van der Waals surface area contributed by atoms with Crippen LogP contribution in [0.3, 0.4) is 0 Å². The van der Waals surface area contributed by atoms with Crippen molar-refractivity contribution < 1.29 is 9.13 Å². The van der Waals surface area contributed by atoms with E-state index in [1.165, 1.54) is 17.7 Å². The van der Waals surface area contributed by atoms with Crippen molar-refractivity contribution in [2.24, 2.45) is 0 Å². The molecule has 104 valence electrons. The summed E-state index contributed by atoms with van der Waals surface area (Å²) in [6.07, 6.45) is 0.947. The Morgan fingerprint density at radius 1 is 1.15 bits per heavy atom. The molecular weight excluding hydrogens is 253 g/mol. The summed E-state index contributed by atoms with van der Waals surface area (Å²) in [6.45, 7) is 2.83. The summed E-state index contributed by atoms with van der Waals surface area (Å²) in [5.74, 6) is 0.764. The molecule has 0 saturated carbocycles. The summed E-state index contributed by atoms with van der Waals surface area (Å²) in [6, 6.07) is 15.3. The van der Waals surface area contributed by atoms with Crippen molar-refractivity contribution in [1.29, 1.82) is 0 Å². The fourth-order valence-corrected chi connectivity index (χ4v) is 2.66. The van der Waals surface area contributed by atoms with Crippen LogP contribution in [0.15, 0.2) is 48.5 Å². The molecule has 1 N–H and O–H groups in total. The zero-order valence-corrected chi connectivity index (χ0v) is 11.5. The van der Waals surface area contributed by atoms with E-state index in [2.05, 4.69) is 18.3 Å². The molecule has 3 heteroatoms. The van der Waals surface area contributed by atoms with E-state index in [9.17, 15) is 4.39 Å². The van der Waals surface area contributed by atoms with E-state index < -0.39 is 0 Å². The molecule has 2 atom stereocenters. The summed E-state index contributed by atoms with van der Waals surface area (Å²) in [7, 11) is 0. The highest BCUT2D eigenvalue weighted by Gasteiger charge is 2.22. The zero-order valence-electron chi connectivity index (χ0n) is 11.5. The number of benzene rings is 2. The van der Waals surface area contributed by atoms with Crippen LogP contribution in [0.4, 0.5) is 4.39 Å². The number of ether oxygens (including phenoxy) is 1. The molecule has 0 radical (unpaired) electrons. The Hall–Kier alpha value is -1.87. The molecule has 2 aromatic rings. The molecule has 3 rings (SSSR count). The van der Waals surface area contributed by atoms with Crippen LogP contribution in [0.25, 0.3) is 0 Å². The van der Waals surface area contributed by atoms with Crippen LogP contribution in [0.2, 0.25) is 0 Å². The SMILES string of the molecule is C[C@H](NC1CCOc2ccccc21)c1ccc(F)cc1. The molecule has 2 nitrogen and oxygen atoms in total. The maximum absolute atomic E-state index is 13.0. The van der Waals surface area contributed by atoms with Gasteiger partial charge < -0.3 is 10.1 Å². The molecule has 0 aliphatic carbocycles. The second kappa shape index (κ2) is 5.63. The Morgan fingerprint density at radius 3 is 2.70 bits per heavy atom. The van der Waals surface area contributed by atoms with Crippen LogP contribution in [0.1, 0.15) is 36.6 Å². The molecule has 1 aliphatic heterocycles.